The average molecular weight is 251 g/mol. The van der Waals surface area contributed by atoms with Crippen LogP contribution in [0.3, 0.4) is 0 Å². The highest BCUT2D eigenvalue weighted by Gasteiger charge is 2.09. The Morgan fingerprint density at radius 2 is 1.88 bits per heavy atom. The van der Waals surface area contributed by atoms with Crippen molar-refractivity contribution in [1.29, 1.82) is 0 Å². The molecule has 0 aliphatic rings. The van der Waals surface area contributed by atoms with Gasteiger partial charge in [0.2, 0.25) is 0 Å². The Labute approximate surface area is 110 Å². The van der Waals surface area contributed by atoms with Crippen molar-refractivity contribution in [3.63, 3.8) is 0 Å². The molecular weight excluding hydrogens is 226 g/mol. The zero-order valence-corrected chi connectivity index (χ0v) is 12.5. The first-order chi connectivity index (χ1) is 8.02. The second kappa shape index (κ2) is 7.07. The summed E-state index contributed by atoms with van der Waals surface area (Å²) in [4.78, 5) is 1.39. The summed E-state index contributed by atoms with van der Waals surface area (Å²) in [5, 5.41) is 4.13. The molecule has 17 heavy (non-hydrogen) atoms. The minimum Gasteiger partial charge on any atom is -0.314 e. The smallest absolute Gasteiger partial charge is 0.00807 e. The standard InChI is InChI=1S/C15H25NS/c1-6-16-13(4)10-14(5)17-15-8-7-11(2)12(3)9-15/h7-9,13-14,16H,6,10H2,1-5H3. The molecule has 2 atom stereocenters. The van der Waals surface area contributed by atoms with E-state index in [2.05, 4.69) is 58.1 Å². The predicted octanol–water partition coefficient (Wildman–Crippen LogP) is 4.17. The quantitative estimate of drug-likeness (QED) is 0.762. The molecule has 0 spiro atoms. The van der Waals surface area contributed by atoms with Gasteiger partial charge in [-0.15, -0.1) is 11.8 Å². The second-order valence-corrected chi connectivity index (χ2v) is 6.38. The van der Waals surface area contributed by atoms with E-state index < -0.39 is 0 Å². The number of aryl methyl sites for hydroxylation is 2. The van der Waals surface area contributed by atoms with Gasteiger partial charge in [0, 0.05) is 16.2 Å². The molecule has 0 radical (unpaired) electrons. The van der Waals surface area contributed by atoms with Gasteiger partial charge in [-0.05, 0) is 57.0 Å². The molecule has 1 N–H and O–H groups in total. The van der Waals surface area contributed by atoms with E-state index in [0.29, 0.717) is 11.3 Å². The fourth-order valence-corrected chi connectivity index (χ4v) is 3.24. The van der Waals surface area contributed by atoms with Crippen molar-refractivity contribution in [1.82, 2.24) is 5.32 Å². The van der Waals surface area contributed by atoms with Crippen molar-refractivity contribution >= 4 is 11.8 Å². The van der Waals surface area contributed by atoms with E-state index in [1.54, 1.807) is 0 Å². The predicted molar refractivity (Wildman–Crippen MR) is 79.0 cm³/mol. The van der Waals surface area contributed by atoms with E-state index in [4.69, 9.17) is 0 Å². The Bertz CT molecular complexity index is 349. The van der Waals surface area contributed by atoms with Crippen LogP contribution >= 0.6 is 11.8 Å². The molecule has 2 heteroatoms. The van der Waals surface area contributed by atoms with Gasteiger partial charge >= 0.3 is 0 Å². The monoisotopic (exact) mass is 251 g/mol. The van der Waals surface area contributed by atoms with Crippen molar-refractivity contribution in [3.8, 4) is 0 Å². The zero-order chi connectivity index (χ0) is 12.8. The molecule has 1 rings (SSSR count). The number of rotatable bonds is 6. The Kier molecular flexibility index (Phi) is 6.07. The molecule has 1 aromatic rings. The topological polar surface area (TPSA) is 12.0 Å². The highest BCUT2D eigenvalue weighted by atomic mass is 32.2. The first-order valence-electron chi connectivity index (χ1n) is 6.50. The van der Waals surface area contributed by atoms with Crippen molar-refractivity contribution in [3.05, 3.63) is 29.3 Å². The summed E-state index contributed by atoms with van der Waals surface area (Å²) in [5.41, 5.74) is 2.77. The van der Waals surface area contributed by atoms with Crippen LogP contribution in [0.4, 0.5) is 0 Å². The highest BCUT2D eigenvalue weighted by molar-refractivity contribution is 7.99. The largest absolute Gasteiger partial charge is 0.314 e. The molecule has 2 unspecified atom stereocenters. The molecular formula is C15H25NS. The van der Waals surface area contributed by atoms with E-state index in [9.17, 15) is 0 Å². The van der Waals surface area contributed by atoms with Crippen LogP contribution < -0.4 is 5.32 Å². The summed E-state index contributed by atoms with van der Waals surface area (Å²) < 4.78 is 0. The third-order valence-corrected chi connectivity index (χ3v) is 4.17. The van der Waals surface area contributed by atoms with Gasteiger partial charge in [-0.2, -0.15) is 0 Å². The molecule has 96 valence electrons. The molecule has 0 aliphatic heterocycles. The lowest BCUT2D eigenvalue weighted by molar-refractivity contribution is 0.530. The van der Waals surface area contributed by atoms with E-state index in [1.165, 1.54) is 22.4 Å². The van der Waals surface area contributed by atoms with E-state index in [0.717, 1.165) is 6.54 Å². The molecule has 0 saturated heterocycles. The molecule has 0 aromatic heterocycles. The zero-order valence-electron chi connectivity index (χ0n) is 11.7. The van der Waals surface area contributed by atoms with Gasteiger partial charge in [0.25, 0.3) is 0 Å². The Morgan fingerprint density at radius 3 is 2.47 bits per heavy atom. The first-order valence-corrected chi connectivity index (χ1v) is 7.38. The van der Waals surface area contributed by atoms with Gasteiger partial charge in [-0.1, -0.05) is 19.9 Å². The SMILES string of the molecule is CCNC(C)CC(C)Sc1ccc(C)c(C)c1. The molecule has 1 nitrogen and oxygen atoms in total. The fourth-order valence-electron chi connectivity index (χ4n) is 2.00. The Morgan fingerprint density at radius 1 is 1.18 bits per heavy atom. The Hall–Kier alpha value is -0.470. The summed E-state index contributed by atoms with van der Waals surface area (Å²) in [5.74, 6) is 0. The lowest BCUT2D eigenvalue weighted by Gasteiger charge is -2.18. The van der Waals surface area contributed by atoms with E-state index >= 15 is 0 Å². The van der Waals surface area contributed by atoms with Crippen LogP contribution in [0, 0.1) is 13.8 Å². The van der Waals surface area contributed by atoms with Crippen LogP contribution in [0.15, 0.2) is 23.1 Å². The number of benzene rings is 1. The van der Waals surface area contributed by atoms with Gasteiger partial charge in [-0.25, -0.2) is 0 Å². The Balaban J connectivity index is 2.50. The molecule has 0 heterocycles. The normalized spacial score (nSPS) is 14.6. The van der Waals surface area contributed by atoms with Crippen molar-refractivity contribution < 1.29 is 0 Å². The minimum absolute atomic E-state index is 0.606. The van der Waals surface area contributed by atoms with Crippen molar-refractivity contribution in [2.45, 2.75) is 57.2 Å². The fraction of sp³-hybridized carbons (Fsp3) is 0.600. The van der Waals surface area contributed by atoms with E-state index in [1.807, 2.05) is 11.8 Å². The number of hydrogen-bond acceptors (Lipinski definition) is 2. The van der Waals surface area contributed by atoms with Gasteiger partial charge in [0.05, 0.1) is 0 Å². The maximum Gasteiger partial charge on any atom is 0.00807 e. The molecule has 0 fully saturated rings. The lowest BCUT2D eigenvalue weighted by atomic mass is 10.1. The van der Waals surface area contributed by atoms with Crippen LogP contribution in [-0.4, -0.2) is 17.8 Å². The summed E-state index contributed by atoms with van der Waals surface area (Å²) in [6.07, 6.45) is 1.21. The summed E-state index contributed by atoms with van der Waals surface area (Å²) in [6.45, 7) is 12.2. The summed E-state index contributed by atoms with van der Waals surface area (Å²) in [7, 11) is 0. The maximum absolute atomic E-state index is 3.47. The maximum atomic E-state index is 3.47. The van der Waals surface area contributed by atoms with Crippen LogP contribution in [0.25, 0.3) is 0 Å². The van der Waals surface area contributed by atoms with Gasteiger partial charge in [-0.3, -0.25) is 0 Å². The molecule has 0 amide bonds. The summed E-state index contributed by atoms with van der Waals surface area (Å²) in [6, 6.07) is 7.36. The number of hydrogen-bond donors (Lipinski definition) is 1. The van der Waals surface area contributed by atoms with Crippen LogP contribution in [0.2, 0.25) is 0 Å². The van der Waals surface area contributed by atoms with Crippen LogP contribution in [-0.2, 0) is 0 Å². The summed E-state index contributed by atoms with van der Waals surface area (Å²) >= 11 is 1.98. The third-order valence-electron chi connectivity index (χ3n) is 3.05. The number of thioether (sulfide) groups is 1. The highest BCUT2D eigenvalue weighted by Crippen LogP contribution is 2.27. The molecule has 0 aliphatic carbocycles. The minimum atomic E-state index is 0.606. The van der Waals surface area contributed by atoms with E-state index in [-0.39, 0.29) is 0 Å². The molecule has 0 bridgehead atoms. The average Bonchev–Trinajstić information content (AvgIpc) is 2.23. The second-order valence-electron chi connectivity index (χ2n) is 4.87. The van der Waals surface area contributed by atoms with Crippen LogP contribution in [0.1, 0.15) is 38.3 Å². The lowest BCUT2D eigenvalue weighted by Crippen LogP contribution is -2.28. The first kappa shape index (κ1) is 14.6. The van der Waals surface area contributed by atoms with Gasteiger partial charge in [0.15, 0.2) is 0 Å². The number of nitrogens with one attached hydrogen (secondary N) is 1. The van der Waals surface area contributed by atoms with Gasteiger partial charge in [0.1, 0.15) is 0 Å². The van der Waals surface area contributed by atoms with Gasteiger partial charge < -0.3 is 5.32 Å². The van der Waals surface area contributed by atoms with Crippen molar-refractivity contribution in [2.75, 3.05) is 6.54 Å². The third kappa shape index (κ3) is 5.13. The molecule has 0 saturated carbocycles. The molecule has 1 aromatic carbocycles. The van der Waals surface area contributed by atoms with Crippen LogP contribution in [0.5, 0.6) is 0 Å². The van der Waals surface area contributed by atoms with Crippen molar-refractivity contribution in [2.24, 2.45) is 0 Å².